The first-order chi connectivity index (χ1) is 6.39. The Hall–Kier alpha value is -0.430. The maximum atomic E-state index is 4.39. The van der Waals surface area contributed by atoms with Gasteiger partial charge in [-0.2, -0.15) is 12.6 Å². The molecule has 0 aliphatic rings. The van der Waals surface area contributed by atoms with E-state index in [0.29, 0.717) is 5.25 Å². The first-order valence-corrected chi connectivity index (χ1v) is 5.69. The van der Waals surface area contributed by atoms with Gasteiger partial charge >= 0.3 is 0 Å². The van der Waals surface area contributed by atoms with Gasteiger partial charge in [0, 0.05) is 5.25 Å². The molecule has 0 bridgehead atoms. The van der Waals surface area contributed by atoms with Crippen LogP contribution in [-0.4, -0.2) is 5.25 Å². The monoisotopic (exact) mass is 208 g/mol. The molecule has 0 spiro atoms. The van der Waals surface area contributed by atoms with Crippen LogP contribution in [0.1, 0.15) is 38.8 Å². The van der Waals surface area contributed by atoms with E-state index >= 15 is 0 Å². The van der Waals surface area contributed by atoms with Crippen LogP contribution < -0.4 is 0 Å². The molecule has 0 aliphatic heterocycles. The van der Waals surface area contributed by atoms with E-state index in [2.05, 4.69) is 64.6 Å². The molecule has 0 radical (unpaired) electrons. The molecule has 0 saturated carbocycles. The standard InChI is InChI=1S/C13H20S/c1-10(14)9-11-5-7-12(8-6-11)13(2,3)4/h5-8,10,14H,9H2,1-4H3. The topological polar surface area (TPSA) is 0 Å². The molecule has 1 aromatic carbocycles. The Bertz CT molecular complexity index is 277. The Morgan fingerprint density at radius 3 is 2.00 bits per heavy atom. The molecular weight excluding hydrogens is 188 g/mol. The van der Waals surface area contributed by atoms with Gasteiger partial charge < -0.3 is 0 Å². The number of hydrogen-bond donors (Lipinski definition) is 1. The minimum absolute atomic E-state index is 0.255. The Morgan fingerprint density at radius 1 is 1.14 bits per heavy atom. The first kappa shape index (κ1) is 11.6. The van der Waals surface area contributed by atoms with Crippen molar-refractivity contribution in [3.63, 3.8) is 0 Å². The molecule has 14 heavy (non-hydrogen) atoms. The van der Waals surface area contributed by atoms with Crippen LogP contribution in [0, 0.1) is 0 Å². The molecule has 0 amide bonds. The second kappa shape index (κ2) is 4.39. The quantitative estimate of drug-likeness (QED) is 0.701. The minimum Gasteiger partial charge on any atom is -0.176 e. The summed E-state index contributed by atoms with van der Waals surface area (Å²) in [4.78, 5) is 0. The molecule has 78 valence electrons. The normalized spacial score (nSPS) is 14.1. The van der Waals surface area contributed by atoms with Gasteiger partial charge in [0.15, 0.2) is 0 Å². The zero-order chi connectivity index (χ0) is 10.8. The van der Waals surface area contributed by atoms with E-state index in [4.69, 9.17) is 0 Å². The van der Waals surface area contributed by atoms with Crippen LogP contribution in [-0.2, 0) is 11.8 Å². The maximum Gasteiger partial charge on any atom is 0.00288 e. The number of hydrogen-bond acceptors (Lipinski definition) is 1. The maximum absolute atomic E-state index is 4.39. The number of benzene rings is 1. The largest absolute Gasteiger partial charge is 0.176 e. The summed E-state index contributed by atoms with van der Waals surface area (Å²) in [5, 5.41) is 0.440. The van der Waals surface area contributed by atoms with Crippen molar-refractivity contribution < 1.29 is 0 Å². The lowest BCUT2D eigenvalue weighted by Crippen LogP contribution is -2.10. The first-order valence-electron chi connectivity index (χ1n) is 5.17. The van der Waals surface area contributed by atoms with Crippen LogP contribution >= 0.6 is 12.6 Å². The predicted octanol–water partition coefficient (Wildman–Crippen LogP) is 3.84. The average molecular weight is 208 g/mol. The van der Waals surface area contributed by atoms with Crippen molar-refractivity contribution in [1.29, 1.82) is 0 Å². The highest BCUT2D eigenvalue weighted by atomic mass is 32.1. The van der Waals surface area contributed by atoms with Gasteiger partial charge in [-0.05, 0) is 23.0 Å². The second-order valence-corrected chi connectivity index (χ2v) is 5.88. The minimum atomic E-state index is 0.255. The summed E-state index contributed by atoms with van der Waals surface area (Å²) in [6.45, 7) is 8.84. The molecule has 1 atom stereocenters. The van der Waals surface area contributed by atoms with Crippen molar-refractivity contribution in [1.82, 2.24) is 0 Å². The molecule has 0 saturated heterocycles. The van der Waals surface area contributed by atoms with Gasteiger partial charge in [0.05, 0.1) is 0 Å². The van der Waals surface area contributed by atoms with Crippen LogP contribution in [0.4, 0.5) is 0 Å². The van der Waals surface area contributed by atoms with E-state index < -0.39 is 0 Å². The molecule has 0 aromatic heterocycles. The third-order valence-corrected chi connectivity index (χ3v) is 2.53. The predicted molar refractivity (Wildman–Crippen MR) is 67.3 cm³/mol. The molecule has 0 nitrogen and oxygen atoms in total. The smallest absolute Gasteiger partial charge is 0.00288 e. The van der Waals surface area contributed by atoms with Crippen LogP contribution in [0.3, 0.4) is 0 Å². The van der Waals surface area contributed by atoms with Crippen molar-refractivity contribution in [2.24, 2.45) is 0 Å². The van der Waals surface area contributed by atoms with Crippen molar-refractivity contribution >= 4 is 12.6 Å². The molecule has 1 heteroatoms. The molecule has 0 N–H and O–H groups in total. The number of thiol groups is 1. The Balaban J connectivity index is 2.79. The van der Waals surface area contributed by atoms with E-state index in [9.17, 15) is 0 Å². The number of rotatable bonds is 2. The molecular formula is C13H20S. The van der Waals surface area contributed by atoms with Gasteiger partial charge in [-0.15, -0.1) is 0 Å². The average Bonchev–Trinajstić information content (AvgIpc) is 2.02. The fourth-order valence-corrected chi connectivity index (χ4v) is 1.69. The Kier molecular flexibility index (Phi) is 3.65. The third kappa shape index (κ3) is 3.38. The highest BCUT2D eigenvalue weighted by molar-refractivity contribution is 7.80. The lowest BCUT2D eigenvalue weighted by molar-refractivity contribution is 0.590. The van der Waals surface area contributed by atoms with Crippen molar-refractivity contribution in [2.75, 3.05) is 0 Å². The van der Waals surface area contributed by atoms with Crippen molar-refractivity contribution in [2.45, 2.75) is 44.8 Å². The molecule has 1 aromatic rings. The summed E-state index contributed by atoms with van der Waals surface area (Å²) in [5.41, 5.74) is 3.03. The van der Waals surface area contributed by atoms with E-state index in [0.717, 1.165) is 6.42 Å². The fraction of sp³-hybridized carbons (Fsp3) is 0.538. The summed E-state index contributed by atoms with van der Waals surface area (Å²) >= 11 is 4.39. The van der Waals surface area contributed by atoms with Gasteiger partial charge in [-0.3, -0.25) is 0 Å². The molecule has 1 unspecified atom stereocenters. The molecule has 0 fully saturated rings. The van der Waals surface area contributed by atoms with Crippen LogP contribution in [0.2, 0.25) is 0 Å². The van der Waals surface area contributed by atoms with Gasteiger partial charge in [0.1, 0.15) is 0 Å². The van der Waals surface area contributed by atoms with Crippen LogP contribution in [0.25, 0.3) is 0 Å². The highest BCUT2D eigenvalue weighted by Crippen LogP contribution is 2.22. The van der Waals surface area contributed by atoms with E-state index in [-0.39, 0.29) is 5.41 Å². The van der Waals surface area contributed by atoms with Crippen molar-refractivity contribution in [3.05, 3.63) is 35.4 Å². The molecule has 0 aliphatic carbocycles. The Morgan fingerprint density at radius 2 is 1.64 bits per heavy atom. The van der Waals surface area contributed by atoms with Gasteiger partial charge in [0.25, 0.3) is 0 Å². The summed E-state index contributed by atoms with van der Waals surface area (Å²) in [6, 6.07) is 8.89. The summed E-state index contributed by atoms with van der Waals surface area (Å²) in [7, 11) is 0. The zero-order valence-corrected chi connectivity index (χ0v) is 10.4. The summed E-state index contributed by atoms with van der Waals surface area (Å²) in [6.07, 6.45) is 1.05. The highest BCUT2D eigenvalue weighted by Gasteiger charge is 2.12. The van der Waals surface area contributed by atoms with E-state index in [1.807, 2.05) is 0 Å². The van der Waals surface area contributed by atoms with Gasteiger partial charge in [-0.1, -0.05) is 52.0 Å². The molecule has 0 heterocycles. The lowest BCUT2D eigenvalue weighted by atomic mass is 9.86. The third-order valence-electron chi connectivity index (χ3n) is 2.35. The van der Waals surface area contributed by atoms with Crippen molar-refractivity contribution in [3.8, 4) is 0 Å². The Labute approximate surface area is 93.1 Å². The molecule has 1 rings (SSSR count). The zero-order valence-electron chi connectivity index (χ0n) is 9.54. The van der Waals surface area contributed by atoms with Crippen LogP contribution in [0.5, 0.6) is 0 Å². The lowest BCUT2D eigenvalue weighted by Gasteiger charge is -2.19. The van der Waals surface area contributed by atoms with E-state index in [1.54, 1.807) is 0 Å². The SMILES string of the molecule is CC(S)Cc1ccc(C(C)(C)C)cc1. The summed E-state index contributed by atoms with van der Waals surface area (Å²) in [5.74, 6) is 0. The van der Waals surface area contributed by atoms with Gasteiger partial charge in [0.2, 0.25) is 0 Å². The van der Waals surface area contributed by atoms with E-state index in [1.165, 1.54) is 11.1 Å². The summed E-state index contributed by atoms with van der Waals surface area (Å²) < 4.78 is 0. The van der Waals surface area contributed by atoms with Gasteiger partial charge in [-0.25, -0.2) is 0 Å². The second-order valence-electron chi connectivity index (χ2n) is 5.00. The van der Waals surface area contributed by atoms with Crippen LogP contribution in [0.15, 0.2) is 24.3 Å². The fourth-order valence-electron chi connectivity index (χ4n) is 1.48.